The first-order valence-corrected chi connectivity index (χ1v) is 18.7. The van der Waals surface area contributed by atoms with Gasteiger partial charge in [-0.2, -0.15) is 5.06 Å². The molecule has 1 aromatic rings. The van der Waals surface area contributed by atoms with E-state index < -0.39 is 117 Å². The summed E-state index contributed by atoms with van der Waals surface area (Å²) >= 11 is 0. The topological polar surface area (TPSA) is 344 Å². The Labute approximate surface area is 333 Å². The number of hydrogen-bond acceptors (Lipinski definition) is 20. The Morgan fingerprint density at radius 2 is 1.71 bits per heavy atom. The summed E-state index contributed by atoms with van der Waals surface area (Å²) in [4.78, 5) is 54.2. The number of carboxylic acids is 1. The monoisotopic (exact) mass is 838 g/mol. The Hall–Kier alpha value is -3.34. The predicted molar refractivity (Wildman–Crippen MR) is 192 cm³/mol. The van der Waals surface area contributed by atoms with E-state index in [9.17, 15) is 60.0 Å². The molecule has 0 spiro atoms. The highest BCUT2D eigenvalue weighted by atomic mass is 16.7. The van der Waals surface area contributed by atoms with Gasteiger partial charge in [0.1, 0.15) is 66.8 Å². The summed E-state index contributed by atoms with van der Waals surface area (Å²) in [6.45, 7) is 2.57. The van der Waals surface area contributed by atoms with Gasteiger partial charge in [-0.25, -0.2) is 4.79 Å². The fourth-order valence-corrected chi connectivity index (χ4v) is 6.59. The molecule has 3 rings (SSSR count). The number of aliphatic hydroxyl groups excluding tert-OH is 7. The number of amides is 2. The van der Waals surface area contributed by atoms with Gasteiger partial charge in [0.25, 0.3) is 0 Å². The van der Waals surface area contributed by atoms with Crippen LogP contribution in [0.2, 0.25) is 0 Å². The molecule has 0 bridgehead atoms. The number of ketones is 1. The van der Waals surface area contributed by atoms with Crippen LogP contribution in [0.25, 0.3) is 0 Å². The van der Waals surface area contributed by atoms with Crippen molar-refractivity contribution in [3.8, 4) is 0 Å². The van der Waals surface area contributed by atoms with Crippen LogP contribution in [0.3, 0.4) is 0 Å². The molecule has 0 aliphatic carbocycles. The van der Waals surface area contributed by atoms with Crippen molar-refractivity contribution >= 4 is 23.6 Å². The number of hydrogen-bond donors (Lipinski definition) is 10. The normalized spacial score (nSPS) is 29.7. The van der Waals surface area contributed by atoms with Gasteiger partial charge in [0, 0.05) is 59.6 Å². The number of aromatic nitrogens is 3. The maximum atomic E-state index is 12.6. The van der Waals surface area contributed by atoms with E-state index in [-0.39, 0.29) is 18.9 Å². The zero-order valence-electron chi connectivity index (χ0n) is 33.0. The summed E-state index contributed by atoms with van der Waals surface area (Å²) in [5, 5.41) is 99.1. The fourth-order valence-electron chi connectivity index (χ4n) is 6.59. The molecule has 14 atom stereocenters. The summed E-state index contributed by atoms with van der Waals surface area (Å²) in [7, 11) is 2.52. The third-order valence-corrected chi connectivity index (χ3v) is 9.66. The van der Waals surface area contributed by atoms with Gasteiger partial charge in [0.15, 0.2) is 18.7 Å². The van der Waals surface area contributed by atoms with E-state index in [1.165, 1.54) is 19.3 Å². The lowest BCUT2D eigenvalue weighted by Gasteiger charge is -2.48. The number of carbonyl (C=O) groups excluding carboxylic acids is 3. The first-order valence-electron chi connectivity index (χ1n) is 18.7. The van der Waals surface area contributed by atoms with Crippen molar-refractivity contribution in [1.82, 2.24) is 30.7 Å². The highest BCUT2D eigenvalue weighted by molar-refractivity contribution is 5.78. The van der Waals surface area contributed by atoms with Crippen LogP contribution in [0.1, 0.15) is 45.7 Å². The number of aryl methyl sites for hydroxylation is 2. The number of ether oxygens (including phenoxy) is 5. The molecule has 24 heteroatoms. The van der Waals surface area contributed by atoms with Crippen LogP contribution in [0, 0.1) is 0 Å². The smallest absolute Gasteiger partial charge is 0.335 e. The van der Waals surface area contributed by atoms with Crippen molar-refractivity contribution in [2.24, 2.45) is 0 Å². The minimum Gasteiger partial charge on any atom is -0.479 e. The van der Waals surface area contributed by atoms with Crippen LogP contribution in [0.5, 0.6) is 0 Å². The fraction of sp³-hybridized carbons (Fsp3) is 0.824. The van der Waals surface area contributed by atoms with Crippen molar-refractivity contribution in [1.29, 1.82) is 0 Å². The first-order chi connectivity index (χ1) is 27.5. The zero-order valence-corrected chi connectivity index (χ0v) is 33.0. The third kappa shape index (κ3) is 13.3. The van der Waals surface area contributed by atoms with E-state index in [0.29, 0.717) is 37.9 Å². The van der Waals surface area contributed by atoms with E-state index in [0.717, 1.165) is 13.8 Å². The molecule has 332 valence electrons. The molecule has 2 aliphatic rings. The molecule has 0 saturated carbocycles. The molecule has 0 radical (unpaired) electrons. The molecule has 3 heterocycles. The van der Waals surface area contributed by atoms with E-state index in [4.69, 9.17) is 28.5 Å². The summed E-state index contributed by atoms with van der Waals surface area (Å²) < 4.78 is 29.8. The van der Waals surface area contributed by atoms with Crippen molar-refractivity contribution in [3.05, 3.63) is 11.9 Å². The van der Waals surface area contributed by atoms with E-state index in [1.54, 1.807) is 17.8 Å². The highest BCUT2D eigenvalue weighted by Gasteiger charge is 2.54. The molecule has 14 unspecified atom stereocenters. The number of carboxylic acid groups (broad SMARTS) is 1. The molecule has 2 fully saturated rings. The Morgan fingerprint density at radius 1 is 1.00 bits per heavy atom. The second-order valence-electron chi connectivity index (χ2n) is 13.9. The Kier molecular flexibility index (Phi) is 19.8. The molecule has 2 aliphatic heterocycles. The predicted octanol–water partition coefficient (Wildman–Crippen LogP) is -5.44. The minimum atomic E-state index is -2.17. The quantitative estimate of drug-likeness (QED) is 0.0434. The molecular formula is C34H58N6O18. The molecule has 0 aromatic carbocycles. The minimum absolute atomic E-state index is 0.0991. The first kappa shape index (κ1) is 49.0. The van der Waals surface area contributed by atoms with Crippen molar-refractivity contribution < 1.29 is 88.6 Å². The summed E-state index contributed by atoms with van der Waals surface area (Å²) in [6, 6.07) is -2.65. The van der Waals surface area contributed by atoms with Gasteiger partial charge in [-0.15, -0.1) is 5.10 Å². The van der Waals surface area contributed by atoms with Crippen molar-refractivity contribution in [2.45, 2.75) is 139 Å². The number of methoxy groups -OCH3 is 1. The molecule has 2 amide bonds. The number of carbonyl (C=O) groups is 4. The van der Waals surface area contributed by atoms with Gasteiger partial charge in [0.05, 0.1) is 32.1 Å². The van der Waals surface area contributed by atoms with Gasteiger partial charge < -0.3 is 80.0 Å². The van der Waals surface area contributed by atoms with Crippen LogP contribution in [-0.4, -0.2) is 211 Å². The Morgan fingerprint density at radius 3 is 2.28 bits per heavy atom. The Balaban J connectivity index is 1.84. The van der Waals surface area contributed by atoms with E-state index in [1.807, 2.05) is 0 Å². The Bertz CT molecular complexity index is 1460. The molecule has 10 N–H and O–H groups in total. The molecule has 1 aromatic heterocycles. The summed E-state index contributed by atoms with van der Waals surface area (Å²) in [5.41, 5.74) is 0.638. The number of aliphatic carboxylic acids is 1. The second-order valence-corrected chi connectivity index (χ2v) is 13.9. The van der Waals surface area contributed by atoms with E-state index >= 15 is 0 Å². The number of rotatable bonds is 24. The number of nitrogens with one attached hydrogen (secondary N) is 2. The van der Waals surface area contributed by atoms with Crippen LogP contribution < -0.4 is 10.6 Å². The molecule has 24 nitrogen and oxygen atoms in total. The van der Waals surface area contributed by atoms with Crippen molar-refractivity contribution in [3.63, 3.8) is 0 Å². The maximum Gasteiger partial charge on any atom is 0.335 e. The van der Waals surface area contributed by atoms with E-state index in [2.05, 4.69) is 20.9 Å². The SMILES string of the molecule is CCC(=O)CCc1cn(CCCN(CC(NC(C)=O)C(OC2OC(C(=O)O)C(OC3OC(CO)C(O)C(OC)C3NC(C)=O)C(O)C2O)C(O)C(O)CO)OC)nn1. The zero-order chi connectivity index (χ0) is 43.3. The number of aliphatic hydroxyl groups is 7. The molecule has 58 heavy (non-hydrogen) atoms. The standard InChI is InChI=1S/C34H58N6O18/c1-6-19(45)9-8-18-12-39(38-37-18)10-7-11-40(54-5)13-20(35-16(2)43)28(24(47)21(46)14-41)56-34-27(50)26(49)30(31(58-34)32(51)52)57-33-23(36-17(3)44)29(53-4)25(48)22(15-42)55-33/h12,20-31,33-34,41-42,46-50H,6-11,13-15H2,1-5H3,(H,35,43)(H,36,44)(H,51,52). The van der Waals surface area contributed by atoms with Gasteiger partial charge >= 0.3 is 5.97 Å². The second kappa shape index (κ2) is 23.4. The number of Topliss-reactive ketones (excluding diaryl/α,β-unsaturated/α-hetero) is 1. The van der Waals surface area contributed by atoms with Gasteiger partial charge in [-0.1, -0.05) is 12.1 Å². The molecule has 2 saturated heterocycles. The van der Waals surface area contributed by atoms with Gasteiger partial charge in [0.2, 0.25) is 11.8 Å². The maximum absolute atomic E-state index is 12.6. The summed E-state index contributed by atoms with van der Waals surface area (Å²) in [5.74, 6) is -2.94. The summed E-state index contributed by atoms with van der Waals surface area (Å²) in [6.07, 6.45) is -18.8. The molecular weight excluding hydrogens is 780 g/mol. The lowest BCUT2D eigenvalue weighted by Crippen LogP contribution is -2.69. The lowest BCUT2D eigenvalue weighted by molar-refractivity contribution is -0.351. The number of hydroxylamine groups is 2. The highest BCUT2D eigenvalue weighted by Crippen LogP contribution is 2.32. The third-order valence-electron chi connectivity index (χ3n) is 9.66. The van der Waals surface area contributed by atoms with Gasteiger partial charge in [-0.3, -0.25) is 19.1 Å². The largest absolute Gasteiger partial charge is 0.479 e. The van der Waals surface area contributed by atoms with Crippen molar-refractivity contribution in [2.75, 3.05) is 40.5 Å². The van der Waals surface area contributed by atoms with Crippen LogP contribution >= 0.6 is 0 Å². The number of nitrogens with zero attached hydrogens (tertiary/aromatic N) is 4. The average Bonchev–Trinajstić information content (AvgIpc) is 3.64. The van der Waals surface area contributed by atoms with Crippen LogP contribution in [0.15, 0.2) is 6.20 Å². The average molecular weight is 839 g/mol. The lowest BCUT2D eigenvalue weighted by atomic mass is 9.95. The van der Waals surface area contributed by atoms with Gasteiger partial charge in [-0.05, 0) is 12.8 Å². The van der Waals surface area contributed by atoms with Crippen LogP contribution in [-0.2, 0) is 60.7 Å². The van der Waals surface area contributed by atoms with Crippen LogP contribution in [0.4, 0.5) is 0 Å².